The molecular formula is C40H50O8. The Balaban J connectivity index is 1.65. The fraction of sp³-hybridized carbons (Fsp3) is 0.400. The molecule has 3 rings (SSSR count). The molecule has 258 valence electrons. The number of aryl methyl sites for hydroxylation is 2. The molecule has 0 amide bonds. The first kappa shape index (κ1) is 38.1. The predicted octanol–water partition coefficient (Wildman–Crippen LogP) is 6.67. The molecule has 0 radical (unpaired) electrons. The van der Waals surface area contributed by atoms with E-state index < -0.39 is 24.1 Å². The molecule has 0 saturated carbocycles. The van der Waals surface area contributed by atoms with Crippen LogP contribution < -0.4 is 9.47 Å². The van der Waals surface area contributed by atoms with Crippen molar-refractivity contribution < 1.29 is 38.7 Å². The standard InChI is InChI=1S/C40H50O8/c1-25(2)37(43)47-23-33(41)21-45-35-17-15-31(19-27(35)5)39(7,8)29-11-13-30(14-12-29)40(9,10)32-16-18-36(28(6)20-32)46-22-34(42)24-48-38(44)26(3)4/h11-20,33-34,41-42H,1,3,21-24H2,2,4-10H3. The molecule has 8 nitrogen and oxygen atoms in total. The molecule has 0 aliphatic heterocycles. The molecule has 0 spiro atoms. The first-order valence-electron chi connectivity index (χ1n) is 16.0. The molecule has 0 aliphatic rings. The zero-order valence-electron chi connectivity index (χ0n) is 29.5. The molecular weight excluding hydrogens is 608 g/mol. The number of carbonyl (C=O) groups is 2. The van der Waals surface area contributed by atoms with Crippen molar-refractivity contribution in [1.29, 1.82) is 0 Å². The van der Waals surface area contributed by atoms with E-state index in [0.29, 0.717) is 11.5 Å². The van der Waals surface area contributed by atoms with Gasteiger partial charge in [0.1, 0.15) is 50.1 Å². The van der Waals surface area contributed by atoms with Gasteiger partial charge >= 0.3 is 11.9 Å². The van der Waals surface area contributed by atoms with Crippen LogP contribution in [0.15, 0.2) is 85.0 Å². The number of aliphatic hydroxyl groups is 2. The van der Waals surface area contributed by atoms with Gasteiger partial charge in [-0.3, -0.25) is 0 Å². The van der Waals surface area contributed by atoms with E-state index in [1.54, 1.807) is 13.8 Å². The highest BCUT2D eigenvalue weighted by atomic mass is 16.6. The Bertz CT molecular complexity index is 1500. The Morgan fingerprint density at radius 1 is 0.604 bits per heavy atom. The zero-order chi connectivity index (χ0) is 35.8. The molecule has 0 aromatic heterocycles. The van der Waals surface area contributed by atoms with Crippen LogP contribution in [0.1, 0.15) is 74.9 Å². The summed E-state index contributed by atoms with van der Waals surface area (Å²) in [5, 5.41) is 20.3. The summed E-state index contributed by atoms with van der Waals surface area (Å²) in [7, 11) is 0. The largest absolute Gasteiger partial charge is 0.490 e. The normalized spacial score (nSPS) is 12.9. The van der Waals surface area contributed by atoms with Gasteiger partial charge in [0.15, 0.2) is 0 Å². The smallest absolute Gasteiger partial charge is 0.333 e. The van der Waals surface area contributed by atoms with Crippen LogP contribution in [0, 0.1) is 13.8 Å². The van der Waals surface area contributed by atoms with Gasteiger partial charge in [-0.2, -0.15) is 0 Å². The van der Waals surface area contributed by atoms with Gasteiger partial charge in [-0.25, -0.2) is 9.59 Å². The van der Waals surface area contributed by atoms with E-state index >= 15 is 0 Å². The highest BCUT2D eigenvalue weighted by Crippen LogP contribution is 2.38. The second-order valence-corrected chi connectivity index (χ2v) is 13.5. The van der Waals surface area contributed by atoms with Gasteiger partial charge in [0.2, 0.25) is 0 Å². The van der Waals surface area contributed by atoms with Crippen molar-refractivity contribution in [2.45, 2.75) is 78.4 Å². The fourth-order valence-corrected chi connectivity index (χ4v) is 5.10. The quantitative estimate of drug-likeness (QED) is 0.130. The van der Waals surface area contributed by atoms with E-state index in [9.17, 15) is 19.8 Å². The van der Waals surface area contributed by atoms with Gasteiger partial charge in [-0.1, -0.05) is 89.4 Å². The third-order valence-electron chi connectivity index (χ3n) is 8.49. The Hall–Kier alpha value is -4.40. The van der Waals surface area contributed by atoms with Gasteiger partial charge in [0.25, 0.3) is 0 Å². The first-order valence-corrected chi connectivity index (χ1v) is 16.0. The Morgan fingerprint density at radius 3 is 1.21 bits per heavy atom. The summed E-state index contributed by atoms with van der Waals surface area (Å²) in [6.45, 7) is 22.5. The lowest BCUT2D eigenvalue weighted by molar-refractivity contribution is -0.143. The van der Waals surface area contributed by atoms with E-state index in [1.807, 2.05) is 38.1 Å². The van der Waals surface area contributed by atoms with Gasteiger partial charge in [-0.05, 0) is 73.2 Å². The van der Waals surface area contributed by atoms with E-state index in [1.165, 1.54) is 0 Å². The zero-order valence-corrected chi connectivity index (χ0v) is 29.5. The van der Waals surface area contributed by atoms with Crippen LogP contribution in [0.25, 0.3) is 0 Å². The Morgan fingerprint density at radius 2 is 0.917 bits per heavy atom. The van der Waals surface area contributed by atoms with Crippen LogP contribution >= 0.6 is 0 Å². The van der Waals surface area contributed by atoms with Crippen LogP contribution in [0.2, 0.25) is 0 Å². The topological polar surface area (TPSA) is 112 Å². The molecule has 3 aromatic rings. The molecule has 2 unspecified atom stereocenters. The summed E-state index contributed by atoms with van der Waals surface area (Å²) < 4.78 is 21.6. The van der Waals surface area contributed by atoms with Crippen molar-refractivity contribution in [2.24, 2.45) is 0 Å². The summed E-state index contributed by atoms with van der Waals surface area (Å²) >= 11 is 0. The van der Waals surface area contributed by atoms with Crippen molar-refractivity contribution in [2.75, 3.05) is 26.4 Å². The minimum absolute atomic E-state index is 0.00250. The monoisotopic (exact) mass is 658 g/mol. The molecule has 2 N–H and O–H groups in total. The molecule has 0 aliphatic carbocycles. The molecule has 0 fully saturated rings. The van der Waals surface area contributed by atoms with Crippen molar-refractivity contribution in [3.63, 3.8) is 0 Å². The lowest BCUT2D eigenvalue weighted by atomic mass is 9.74. The fourth-order valence-electron chi connectivity index (χ4n) is 5.10. The van der Waals surface area contributed by atoms with Crippen LogP contribution in [0.5, 0.6) is 11.5 Å². The van der Waals surface area contributed by atoms with Gasteiger partial charge in [-0.15, -0.1) is 0 Å². The lowest BCUT2D eigenvalue weighted by Gasteiger charge is -2.30. The van der Waals surface area contributed by atoms with E-state index in [-0.39, 0.29) is 48.4 Å². The second-order valence-electron chi connectivity index (χ2n) is 13.5. The number of benzene rings is 3. The molecule has 2 atom stereocenters. The molecule has 48 heavy (non-hydrogen) atoms. The predicted molar refractivity (Wildman–Crippen MR) is 188 cm³/mol. The number of carbonyl (C=O) groups excluding carboxylic acids is 2. The molecule has 3 aromatic carbocycles. The van der Waals surface area contributed by atoms with E-state index in [2.05, 4.69) is 77.3 Å². The SMILES string of the molecule is C=C(C)C(=O)OCC(O)COc1ccc(C(C)(C)c2ccc(C(C)(C)c3ccc(OCC(O)COC(=O)C(=C)C)c(C)c3)cc2)cc1C. The van der Waals surface area contributed by atoms with Crippen molar-refractivity contribution >= 4 is 11.9 Å². The highest BCUT2D eigenvalue weighted by Gasteiger charge is 2.27. The highest BCUT2D eigenvalue weighted by molar-refractivity contribution is 5.87. The molecule has 0 bridgehead atoms. The lowest BCUT2D eigenvalue weighted by Crippen LogP contribution is -2.25. The number of ether oxygens (including phenoxy) is 4. The van der Waals surface area contributed by atoms with Crippen molar-refractivity contribution in [3.05, 3.63) is 118 Å². The maximum atomic E-state index is 11.6. The van der Waals surface area contributed by atoms with Crippen molar-refractivity contribution in [3.8, 4) is 11.5 Å². The summed E-state index contributed by atoms with van der Waals surface area (Å²) in [5.74, 6) is 0.229. The minimum Gasteiger partial charge on any atom is -0.490 e. The van der Waals surface area contributed by atoms with Crippen LogP contribution in [0.4, 0.5) is 0 Å². The van der Waals surface area contributed by atoms with E-state index in [0.717, 1.165) is 33.4 Å². The third kappa shape index (κ3) is 9.81. The van der Waals surface area contributed by atoms with E-state index in [4.69, 9.17) is 18.9 Å². The summed E-state index contributed by atoms with van der Waals surface area (Å²) in [6.07, 6.45) is -1.90. The Labute approximate surface area is 285 Å². The average Bonchev–Trinajstić information content (AvgIpc) is 3.04. The first-order chi connectivity index (χ1) is 22.4. The number of hydrogen-bond acceptors (Lipinski definition) is 8. The van der Waals surface area contributed by atoms with Crippen LogP contribution in [0.3, 0.4) is 0 Å². The minimum atomic E-state index is -0.952. The number of aliphatic hydroxyl groups excluding tert-OH is 2. The third-order valence-corrected chi connectivity index (χ3v) is 8.49. The average molecular weight is 659 g/mol. The van der Waals surface area contributed by atoms with Crippen molar-refractivity contribution in [1.82, 2.24) is 0 Å². The summed E-state index contributed by atoms with van der Waals surface area (Å²) in [6, 6.07) is 20.8. The van der Waals surface area contributed by atoms with Gasteiger partial charge in [0, 0.05) is 22.0 Å². The maximum absolute atomic E-state index is 11.6. The number of hydrogen-bond donors (Lipinski definition) is 2. The number of esters is 2. The second kappa shape index (κ2) is 16.1. The summed E-state index contributed by atoms with van der Waals surface area (Å²) in [4.78, 5) is 23.1. The van der Waals surface area contributed by atoms with Crippen LogP contribution in [-0.2, 0) is 29.9 Å². The number of rotatable bonds is 16. The van der Waals surface area contributed by atoms with Crippen LogP contribution in [-0.4, -0.2) is 60.8 Å². The summed E-state index contributed by atoms with van der Waals surface area (Å²) in [5.41, 5.74) is 6.44. The molecule has 0 heterocycles. The molecule has 0 saturated heterocycles. The molecule has 8 heteroatoms. The maximum Gasteiger partial charge on any atom is 0.333 e. The van der Waals surface area contributed by atoms with Gasteiger partial charge < -0.3 is 29.2 Å². The Kier molecular flexibility index (Phi) is 12.8. The van der Waals surface area contributed by atoms with Gasteiger partial charge in [0.05, 0.1) is 0 Å².